The fourth-order valence-electron chi connectivity index (χ4n) is 4.65. The monoisotopic (exact) mass is 540 g/mol. The summed E-state index contributed by atoms with van der Waals surface area (Å²) < 4.78 is 43.1. The first kappa shape index (κ1) is 26.4. The highest BCUT2D eigenvalue weighted by atomic mass is 19.4. The zero-order valence-corrected chi connectivity index (χ0v) is 21.4. The minimum atomic E-state index is -4.49. The van der Waals surface area contributed by atoms with Gasteiger partial charge in [-0.3, -0.25) is 9.69 Å². The molecule has 2 N–H and O–H groups in total. The van der Waals surface area contributed by atoms with Crippen molar-refractivity contribution in [2.45, 2.75) is 25.6 Å². The number of halogens is 3. The molecule has 0 spiro atoms. The molecular weight excluding hydrogens is 513 g/mol. The molecule has 3 aromatic heterocycles. The number of H-pyrrole nitrogens is 1. The number of amides is 1. The number of nitrogens with zero attached hydrogens (tertiary/aromatic N) is 6. The van der Waals surface area contributed by atoms with Crippen LogP contribution in [0.2, 0.25) is 0 Å². The summed E-state index contributed by atoms with van der Waals surface area (Å²) in [6, 6.07) is 9.53. The van der Waals surface area contributed by atoms with E-state index < -0.39 is 18.5 Å². The van der Waals surface area contributed by atoms with Crippen LogP contribution in [0, 0.1) is 0 Å². The van der Waals surface area contributed by atoms with Gasteiger partial charge in [-0.2, -0.15) is 13.2 Å². The van der Waals surface area contributed by atoms with Crippen LogP contribution in [0.3, 0.4) is 0 Å². The number of methoxy groups -OCH3 is 1. The molecule has 4 aromatic rings. The number of carbonyl (C=O) groups is 1. The van der Waals surface area contributed by atoms with Gasteiger partial charge in [-0.25, -0.2) is 19.9 Å². The van der Waals surface area contributed by atoms with Gasteiger partial charge in [0.15, 0.2) is 5.75 Å². The third kappa shape index (κ3) is 6.08. The predicted octanol–water partition coefficient (Wildman–Crippen LogP) is 4.32. The minimum Gasteiger partial charge on any atom is -0.493 e. The van der Waals surface area contributed by atoms with E-state index >= 15 is 0 Å². The molecule has 0 unspecified atom stereocenters. The molecule has 1 amide bonds. The number of hydrogen-bond donors (Lipinski definition) is 2. The van der Waals surface area contributed by atoms with Gasteiger partial charge in [0.25, 0.3) is 0 Å². The van der Waals surface area contributed by atoms with Crippen LogP contribution in [-0.4, -0.2) is 80.1 Å². The molecular formula is C26H27F3N8O2. The Morgan fingerprint density at radius 3 is 2.69 bits per heavy atom. The number of pyridine rings is 1. The molecule has 10 nitrogen and oxygen atoms in total. The average molecular weight is 541 g/mol. The molecule has 4 heterocycles. The highest BCUT2D eigenvalue weighted by Crippen LogP contribution is 2.30. The van der Waals surface area contributed by atoms with Crippen LogP contribution in [0.15, 0.2) is 49.1 Å². The van der Waals surface area contributed by atoms with E-state index in [1.165, 1.54) is 11.2 Å². The Morgan fingerprint density at radius 2 is 1.95 bits per heavy atom. The fourth-order valence-corrected chi connectivity index (χ4v) is 4.65. The zero-order valence-electron chi connectivity index (χ0n) is 21.4. The summed E-state index contributed by atoms with van der Waals surface area (Å²) in [4.78, 5) is 35.9. The van der Waals surface area contributed by atoms with Crippen LogP contribution < -0.4 is 10.1 Å². The molecule has 13 heteroatoms. The van der Waals surface area contributed by atoms with Gasteiger partial charge < -0.3 is 19.9 Å². The van der Waals surface area contributed by atoms with Gasteiger partial charge in [-0.05, 0) is 36.8 Å². The Balaban J connectivity index is 1.25. The number of rotatable bonds is 7. The van der Waals surface area contributed by atoms with E-state index in [2.05, 4.69) is 35.1 Å². The Hall–Kier alpha value is -4.26. The van der Waals surface area contributed by atoms with Crippen molar-refractivity contribution in [1.82, 2.24) is 34.7 Å². The van der Waals surface area contributed by atoms with E-state index in [1.807, 2.05) is 37.3 Å². The predicted molar refractivity (Wildman–Crippen MR) is 138 cm³/mol. The van der Waals surface area contributed by atoms with Crippen LogP contribution in [0.25, 0.3) is 22.3 Å². The molecule has 0 aliphatic carbocycles. The Labute approximate surface area is 222 Å². The molecule has 0 radical (unpaired) electrons. The van der Waals surface area contributed by atoms with Crippen molar-refractivity contribution in [2.75, 3.05) is 38.6 Å². The van der Waals surface area contributed by atoms with E-state index in [1.54, 1.807) is 19.5 Å². The Kier molecular flexibility index (Phi) is 7.33. The van der Waals surface area contributed by atoms with E-state index in [0.29, 0.717) is 36.3 Å². The zero-order chi connectivity index (χ0) is 27.6. The van der Waals surface area contributed by atoms with Crippen LogP contribution in [0.1, 0.15) is 24.9 Å². The number of nitrogens with one attached hydrogen (secondary N) is 2. The summed E-state index contributed by atoms with van der Waals surface area (Å²) in [7, 11) is 1.57. The van der Waals surface area contributed by atoms with Crippen LogP contribution >= 0.6 is 0 Å². The van der Waals surface area contributed by atoms with Gasteiger partial charge in [0.2, 0.25) is 11.9 Å². The lowest BCUT2D eigenvalue weighted by Gasteiger charge is -2.38. The lowest BCUT2D eigenvalue weighted by molar-refractivity contribution is -0.162. The van der Waals surface area contributed by atoms with Crippen molar-refractivity contribution >= 4 is 28.7 Å². The molecule has 39 heavy (non-hydrogen) atoms. The van der Waals surface area contributed by atoms with E-state index in [9.17, 15) is 18.0 Å². The largest absolute Gasteiger partial charge is 0.493 e. The first-order valence-electron chi connectivity index (χ1n) is 12.4. The number of alkyl halides is 3. The SMILES string of the molecule is COc1cncnc1-c1ccc2nc(Nc3cc([C@@H](C)N4CCN(C(=O)CC(F)(F)F)CC4)ccn3)[nH]c2c1. The summed E-state index contributed by atoms with van der Waals surface area (Å²) in [6.45, 7) is 3.52. The smallest absolute Gasteiger partial charge is 0.397 e. The van der Waals surface area contributed by atoms with Gasteiger partial charge in [-0.15, -0.1) is 0 Å². The standard InChI is InChI=1S/C26H27F3N8O2/c1-16(36-7-9-37(10-8-36)23(38)13-26(27,28)29)17-5-6-31-22(12-17)35-25-33-19-4-3-18(11-20(19)34-25)24-21(39-2)14-30-15-32-24/h3-6,11-12,14-16H,7-10,13H2,1-2H3,(H2,31,33,34,35)/t16-/m1/s1. The molecule has 1 aliphatic rings. The second-order valence-electron chi connectivity index (χ2n) is 9.24. The van der Waals surface area contributed by atoms with E-state index in [-0.39, 0.29) is 19.1 Å². The van der Waals surface area contributed by atoms with Gasteiger partial charge in [0.05, 0.1) is 24.3 Å². The lowest BCUT2D eigenvalue weighted by atomic mass is 10.1. The molecule has 1 aliphatic heterocycles. The molecule has 1 fully saturated rings. The van der Waals surface area contributed by atoms with Gasteiger partial charge >= 0.3 is 6.18 Å². The van der Waals surface area contributed by atoms with Gasteiger partial charge in [0, 0.05) is 44.0 Å². The summed E-state index contributed by atoms with van der Waals surface area (Å²) in [5.41, 5.74) is 4.07. The average Bonchev–Trinajstić information content (AvgIpc) is 3.33. The highest BCUT2D eigenvalue weighted by Gasteiger charge is 2.35. The van der Waals surface area contributed by atoms with Crippen molar-refractivity contribution in [3.63, 3.8) is 0 Å². The van der Waals surface area contributed by atoms with Crippen molar-refractivity contribution in [3.05, 3.63) is 54.6 Å². The molecule has 1 aromatic carbocycles. The molecule has 1 atom stereocenters. The maximum atomic E-state index is 12.6. The normalized spacial score (nSPS) is 15.4. The molecule has 5 rings (SSSR count). The minimum absolute atomic E-state index is 0.0190. The van der Waals surface area contributed by atoms with Gasteiger partial charge in [-0.1, -0.05) is 6.07 Å². The van der Waals surface area contributed by atoms with Crippen molar-refractivity contribution in [3.8, 4) is 17.0 Å². The number of hydrogen-bond acceptors (Lipinski definition) is 8. The molecule has 0 bridgehead atoms. The number of fused-ring (bicyclic) bond motifs is 1. The number of aromatic nitrogens is 5. The Bertz CT molecular complexity index is 1470. The maximum absolute atomic E-state index is 12.6. The van der Waals surface area contributed by atoms with Crippen molar-refractivity contribution < 1.29 is 22.7 Å². The molecule has 204 valence electrons. The lowest BCUT2D eigenvalue weighted by Crippen LogP contribution is -2.50. The number of carbonyl (C=O) groups excluding carboxylic acids is 1. The van der Waals surface area contributed by atoms with E-state index in [0.717, 1.165) is 22.2 Å². The van der Waals surface area contributed by atoms with Crippen LogP contribution in [0.5, 0.6) is 5.75 Å². The van der Waals surface area contributed by atoms with Crippen molar-refractivity contribution in [2.24, 2.45) is 0 Å². The first-order chi connectivity index (χ1) is 18.7. The first-order valence-corrected chi connectivity index (χ1v) is 12.4. The Morgan fingerprint density at radius 1 is 1.15 bits per heavy atom. The number of ether oxygens (including phenoxy) is 1. The number of piperazine rings is 1. The number of benzene rings is 1. The quantitative estimate of drug-likeness (QED) is 0.357. The summed E-state index contributed by atoms with van der Waals surface area (Å²) in [5, 5.41) is 3.21. The van der Waals surface area contributed by atoms with Crippen LogP contribution in [-0.2, 0) is 4.79 Å². The topological polar surface area (TPSA) is 112 Å². The highest BCUT2D eigenvalue weighted by molar-refractivity contribution is 5.84. The third-order valence-electron chi connectivity index (χ3n) is 6.73. The maximum Gasteiger partial charge on any atom is 0.397 e. The second-order valence-corrected chi connectivity index (χ2v) is 9.24. The fraction of sp³-hybridized carbons (Fsp3) is 0.346. The summed E-state index contributed by atoms with van der Waals surface area (Å²) >= 11 is 0. The third-order valence-corrected chi connectivity index (χ3v) is 6.73. The number of anilines is 2. The molecule has 1 saturated heterocycles. The number of aromatic amines is 1. The van der Waals surface area contributed by atoms with Crippen LogP contribution in [0.4, 0.5) is 24.9 Å². The molecule has 0 saturated carbocycles. The van der Waals surface area contributed by atoms with Crippen molar-refractivity contribution in [1.29, 1.82) is 0 Å². The van der Waals surface area contributed by atoms with E-state index in [4.69, 9.17) is 4.74 Å². The second kappa shape index (κ2) is 10.8. The summed E-state index contributed by atoms with van der Waals surface area (Å²) in [5.74, 6) is 0.805. The van der Waals surface area contributed by atoms with Gasteiger partial charge in [0.1, 0.15) is 24.3 Å². The summed E-state index contributed by atoms with van der Waals surface area (Å²) in [6.07, 6.45) is -1.14. The number of imidazole rings is 1.